The molecule has 0 saturated carbocycles. The van der Waals surface area contributed by atoms with Gasteiger partial charge in [0.05, 0.1) is 19.1 Å². The van der Waals surface area contributed by atoms with Crippen LogP contribution >= 0.6 is 35.4 Å². The van der Waals surface area contributed by atoms with Gasteiger partial charge in [0, 0.05) is 27.5 Å². The first-order valence-electron chi connectivity index (χ1n) is 10.3. The molecular formula is C23H23Cl2N5O3S. The standard InChI is InChI=1S/C23H23Cl2N5O3S/c1-3-33-16-7-5-15(6-8-16)27-20-10-13(2)26-22(29-20)30-23(34)28-19(12-21(31)32)17-9-4-14(24)11-18(17)25/h4-11,19H,3,12H2,1-2H3,(H,31,32)(H3,26,27,28,29,30,34). The molecule has 1 heterocycles. The van der Waals surface area contributed by atoms with Crippen LogP contribution in [0.15, 0.2) is 48.5 Å². The molecular weight excluding hydrogens is 497 g/mol. The molecule has 0 bridgehead atoms. The summed E-state index contributed by atoms with van der Waals surface area (Å²) in [5.74, 6) is 0.578. The molecule has 0 aliphatic rings. The third kappa shape index (κ3) is 7.44. The quantitative estimate of drug-likeness (QED) is 0.263. The molecule has 1 atom stereocenters. The Morgan fingerprint density at radius 2 is 1.88 bits per heavy atom. The Kier molecular flexibility index (Phi) is 8.86. The molecule has 3 rings (SSSR count). The number of hydrogen-bond acceptors (Lipinski definition) is 6. The minimum atomic E-state index is -1.01. The Morgan fingerprint density at radius 1 is 1.15 bits per heavy atom. The van der Waals surface area contributed by atoms with E-state index in [9.17, 15) is 9.90 Å². The first-order valence-corrected chi connectivity index (χ1v) is 11.5. The van der Waals surface area contributed by atoms with Crippen LogP contribution in [0.3, 0.4) is 0 Å². The first kappa shape index (κ1) is 25.5. The van der Waals surface area contributed by atoms with Crippen LogP contribution in [0, 0.1) is 6.92 Å². The topological polar surface area (TPSA) is 108 Å². The van der Waals surface area contributed by atoms with Crippen molar-refractivity contribution in [2.45, 2.75) is 26.3 Å². The van der Waals surface area contributed by atoms with Crippen molar-refractivity contribution in [3.63, 3.8) is 0 Å². The van der Waals surface area contributed by atoms with Crippen molar-refractivity contribution in [3.05, 3.63) is 69.8 Å². The number of rotatable bonds is 9. The highest BCUT2D eigenvalue weighted by molar-refractivity contribution is 7.80. The van der Waals surface area contributed by atoms with Gasteiger partial charge in [-0.3, -0.25) is 4.79 Å². The second-order valence-corrected chi connectivity index (χ2v) is 8.47. The number of halogens is 2. The zero-order chi connectivity index (χ0) is 24.7. The van der Waals surface area contributed by atoms with Gasteiger partial charge in [-0.1, -0.05) is 29.3 Å². The zero-order valence-corrected chi connectivity index (χ0v) is 20.8. The number of carboxylic acids is 1. The number of aryl methyl sites for hydroxylation is 1. The van der Waals surface area contributed by atoms with E-state index in [4.69, 9.17) is 40.2 Å². The van der Waals surface area contributed by atoms with Crippen molar-refractivity contribution in [1.29, 1.82) is 0 Å². The Labute approximate surface area is 212 Å². The van der Waals surface area contributed by atoms with E-state index in [0.717, 1.165) is 11.4 Å². The predicted octanol–water partition coefficient (Wildman–Crippen LogP) is 5.74. The van der Waals surface area contributed by atoms with Crippen LogP contribution in [-0.4, -0.2) is 32.8 Å². The van der Waals surface area contributed by atoms with Gasteiger partial charge in [-0.15, -0.1) is 0 Å². The number of carboxylic acid groups (broad SMARTS) is 1. The molecule has 0 saturated heterocycles. The maximum absolute atomic E-state index is 11.4. The lowest BCUT2D eigenvalue weighted by Crippen LogP contribution is -2.34. The van der Waals surface area contributed by atoms with Gasteiger partial charge in [0.2, 0.25) is 5.95 Å². The lowest BCUT2D eigenvalue weighted by molar-refractivity contribution is -0.137. The van der Waals surface area contributed by atoms with Crippen LogP contribution in [-0.2, 0) is 4.79 Å². The smallest absolute Gasteiger partial charge is 0.305 e. The largest absolute Gasteiger partial charge is 0.494 e. The summed E-state index contributed by atoms with van der Waals surface area (Å²) in [6.07, 6.45) is -0.248. The normalized spacial score (nSPS) is 11.4. The molecule has 0 spiro atoms. The highest BCUT2D eigenvalue weighted by atomic mass is 35.5. The van der Waals surface area contributed by atoms with Crippen molar-refractivity contribution in [2.75, 3.05) is 17.2 Å². The van der Waals surface area contributed by atoms with Gasteiger partial charge >= 0.3 is 5.97 Å². The summed E-state index contributed by atoms with van der Waals surface area (Å²) < 4.78 is 5.46. The van der Waals surface area contributed by atoms with E-state index in [0.29, 0.717) is 33.7 Å². The average molecular weight is 520 g/mol. The summed E-state index contributed by atoms with van der Waals surface area (Å²) in [6, 6.07) is 13.4. The van der Waals surface area contributed by atoms with E-state index in [-0.39, 0.29) is 17.5 Å². The number of anilines is 3. The van der Waals surface area contributed by atoms with Crippen molar-refractivity contribution in [2.24, 2.45) is 0 Å². The Balaban J connectivity index is 1.72. The Hall–Kier alpha value is -3.14. The van der Waals surface area contributed by atoms with Crippen LogP contribution in [0.1, 0.15) is 30.6 Å². The summed E-state index contributed by atoms with van der Waals surface area (Å²) in [5, 5.41) is 19.4. The highest BCUT2D eigenvalue weighted by Gasteiger charge is 2.20. The summed E-state index contributed by atoms with van der Waals surface area (Å²) in [5.41, 5.74) is 2.09. The number of aromatic nitrogens is 2. The zero-order valence-electron chi connectivity index (χ0n) is 18.4. The highest BCUT2D eigenvalue weighted by Crippen LogP contribution is 2.28. The van der Waals surface area contributed by atoms with Crippen LogP contribution in [0.25, 0.3) is 0 Å². The first-order chi connectivity index (χ1) is 16.2. The minimum absolute atomic E-state index is 0.148. The molecule has 0 aliphatic heterocycles. The fourth-order valence-corrected chi connectivity index (χ4v) is 3.90. The molecule has 34 heavy (non-hydrogen) atoms. The van der Waals surface area contributed by atoms with E-state index in [2.05, 4.69) is 25.9 Å². The van der Waals surface area contributed by atoms with Gasteiger partial charge < -0.3 is 25.8 Å². The molecule has 3 aromatic rings. The van der Waals surface area contributed by atoms with E-state index < -0.39 is 12.0 Å². The monoisotopic (exact) mass is 519 g/mol. The summed E-state index contributed by atoms with van der Waals surface area (Å²) in [7, 11) is 0. The number of nitrogens with one attached hydrogen (secondary N) is 3. The fraction of sp³-hybridized carbons (Fsp3) is 0.217. The number of thiocarbonyl (C=S) groups is 1. The minimum Gasteiger partial charge on any atom is -0.494 e. The molecule has 2 aromatic carbocycles. The molecule has 8 nitrogen and oxygen atoms in total. The van der Waals surface area contributed by atoms with E-state index in [1.807, 2.05) is 38.1 Å². The fourth-order valence-electron chi connectivity index (χ4n) is 3.13. The third-order valence-electron chi connectivity index (χ3n) is 4.54. The molecule has 1 unspecified atom stereocenters. The van der Waals surface area contributed by atoms with Gasteiger partial charge in [-0.05, 0) is 68.0 Å². The molecule has 4 N–H and O–H groups in total. The second-order valence-electron chi connectivity index (χ2n) is 7.22. The molecule has 11 heteroatoms. The number of aliphatic carboxylic acids is 1. The molecule has 0 radical (unpaired) electrons. The van der Waals surface area contributed by atoms with Crippen molar-refractivity contribution < 1.29 is 14.6 Å². The number of hydrogen-bond donors (Lipinski definition) is 4. The van der Waals surface area contributed by atoms with Crippen LogP contribution in [0.4, 0.5) is 17.5 Å². The SMILES string of the molecule is CCOc1ccc(Nc2cc(C)nc(NC(=S)NC(CC(=O)O)c3ccc(Cl)cc3Cl)n2)cc1. The summed E-state index contributed by atoms with van der Waals surface area (Å²) in [4.78, 5) is 20.2. The van der Waals surface area contributed by atoms with Gasteiger partial charge in [0.1, 0.15) is 11.6 Å². The third-order valence-corrected chi connectivity index (χ3v) is 5.32. The Morgan fingerprint density at radius 3 is 2.53 bits per heavy atom. The second kappa shape index (κ2) is 11.8. The van der Waals surface area contributed by atoms with Gasteiger partial charge in [0.25, 0.3) is 0 Å². The molecule has 0 aliphatic carbocycles. The average Bonchev–Trinajstić information content (AvgIpc) is 2.74. The van der Waals surface area contributed by atoms with Crippen LogP contribution < -0.4 is 20.7 Å². The van der Waals surface area contributed by atoms with Crippen LogP contribution in [0.2, 0.25) is 10.0 Å². The van der Waals surface area contributed by atoms with E-state index >= 15 is 0 Å². The summed E-state index contributed by atoms with van der Waals surface area (Å²) >= 11 is 17.6. The van der Waals surface area contributed by atoms with Crippen molar-refractivity contribution in [1.82, 2.24) is 15.3 Å². The van der Waals surface area contributed by atoms with Gasteiger partial charge in [-0.2, -0.15) is 4.98 Å². The molecule has 178 valence electrons. The molecule has 1 aromatic heterocycles. The maximum Gasteiger partial charge on any atom is 0.305 e. The van der Waals surface area contributed by atoms with E-state index in [1.165, 1.54) is 0 Å². The molecule has 0 fully saturated rings. The lowest BCUT2D eigenvalue weighted by Gasteiger charge is -2.21. The number of benzene rings is 2. The summed E-state index contributed by atoms with van der Waals surface area (Å²) in [6.45, 7) is 4.35. The van der Waals surface area contributed by atoms with E-state index in [1.54, 1.807) is 24.3 Å². The Bertz CT molecular complexity index is 1180. The van der Waals surface area contributed by atoms with Gasteiger partial charge in [-0.25, -0.2) is 4.98 Å². The predicted molar refractivity (Wildman–Crippen MR) is 138 cm³/mol. The number of nitrogens with zero attached hydrogens (tertiary/aromatic N) is 2. The number of ether oxygens (including phenoxy) is 1. The lowest BCUT2D eigenvalue weighted by atomic mass is 10.0. The van der Waals surface area contributed by atoms with Crippen molar-refractivity contribution in [3.8, 4) is 5.75 Å². The van der Waals surface area contributed by atoms with Gasteiger partial charge in [0.15, 0.2) is 5.11 Å². The maximum atomic E-state index is 11.4. The van der Waals surface area contributed by atoms with Crippen molar-refractivity contribution >= 4 is 64.0 Å². The molecule has 0 amide bonds. The number of carbonyl (C=O) groups is 1. The van der Waals surface area contributed by atoms with Crippen LogP contribution in [0.5, 0.6) is 5.75 Å².